The molecule has 1 unspecified atom stereocenters. The highest BCUT2D eigenvalue weighted by atomic mass is 16.2. The smallest absolute Gasteiger partial charge is 0.253 e. The van der Waals surface area contributed by atoms with Crippen molar-refractivity contribution in [2.75, 3.05) is 36.4 Å². The molecule has 0 spiro atoms. The summed E-state index contributed by atoms with van der Waals surface area (Å²) in [7, 11) is 0. The summed E-state index contributed by atoms with van der Waals surface area (Å²) in [5.74, 6) is 0.554. The van der Waals surface area contributed by atoms with Crippen LogP contribution in [0, 0.1) is 5.92 Å². The summed E-state index contributed by atoms with van der Waals surface area (Å²) in [5, 5.41) is 2.99. The lowest BCUT2D eigenvalue weighted by Crippen LogP contribution is -2.41. The van der Waals surface area contributed by atoms with Gasteiger partial charge in [-0.1, -0.05) is 6.07 Å². The second-order valence-corrected chi connectivity index (χ2v) is 7.40. The third-order valence-electron chi connectivity index (χ3n) is 5.40. The molecule has 1 N–H and O–H groups in total. The summed E-state index contributed by atoms with van der Waals surface area (Å²) in [6.07, 6.45) is 7.31. The molecule has 1 aromatic heterocycles. The van der Waals surface area contributed by atoms with E-state index in [-0.39, 0.29) is 17.7 Å². The van der Waals surface area contributed by atoms with Crippen LogP contribution in [0.15, 0.2) is 42.7 Å². The molecule has 2 amide bonds. The molecule has 2 aromatic rings. The third-order valence-corrected chi connectivity index (χ3v) is 5.40. The van der Waals surface area contributed by atoms with Gasteiger partial charge in [0.05, 0.1) is 5.92 Å². The highest BCUT2D eigenvalue weighted by molar-refractivity contribution is 5.98. The normalized spacial score (nSPS) is 19.5. The molecule has 1 atom stereocenters. The first kappa shape index (κ1) is 18.4. The molecule has 2 saturated heterocycles. The summed E-state index contributed by atoms with van der Waals surface area (Å²) in [6, 6.07) is 9.03. The summed E-state index contributed by atoms with van der Waals surface area (Å²) in [6.45, 7) is 3.08. The van der Waals surface area contributed by atoms with Gasteiger partial charge in [-0.2, -0.15) is 0 Å². The molecular weight excluding hydrogens is 354 g/mol. The van der Waals surface area contributed by atoms with Crippen LogP contribution in [0.25, 0.3) is 0 Å². The van der Waals surface area contributed by atoms with E-state index < -0.39 is 0 Å². The first-order valence-corrected chi connectivity index (χ1v) is 9.93. The highest BCUT2D eigenvalue weighted by Gasteiger charge is 2.27. The van der Waals surface area contributed by atoms with Crippen molar-refractivity contribution < 1.29 is 9.59 Å². The maximum absolute atomic E-state index is 12.8. The van der Waals surface area contributed by atoms with Gasteiger partial charge < -0.3 is 15.1 Å². The van der Waals surface area contributed by atoms with E-state index in [2.05, 4.69) is 20.2 Å². The summed E-state index contributed by atoms with van der Waals surface area (Å²) >= 11 is 0. The van der Waals surface area contributed by atoms with Crippen LogP contribution in [0.4, 0.5) is 11.6 Å². The predicted molar refractivity (Wildman–Crippen MR) is 107 cm³/mol. The molecule has 2 fully saturated rings. The van der Waals surface area contributed by atoms with Crippen molar-refractivity contribution in [3.05, 3.63) is 48.3 Å². The zero-order chi connectivity index (χ0) is 19.3. The van der Waals surface area contributed by atoms with E-state index in [1.54, 1.807) is 24.5 Å². The van der Waals surface area contributed by atoms with Crippen LogP contribution in [-0.4, -0.2) is 52.9 Å². The van der Waals surface area contributed by atoms with E-state index >= 15 is 0 Å². The Morgan fingerprint density at radius 2 is 1.79 bits per heavy atom. The number of carbonyl (C=O) groups is 2. The van der Waals surface area contributed by atoms with E-state index in [0.29, 0.717) is 23.7 Å². The number of nitrogens with zero attached hydrogens (tertiary/aromatic N) is 4. The van der Waals surface area contributed by atoms with Crippen LogP contribution >= 0.6 is 0 Å². The SMILES string of the molecule is O=C(Nc1cccc(C(=O)N2CCCC2)c1)C1CCCN(c2ncccn2)C1. The number of anilines is 2. The van der Waals surface area contributed by atoms with E-state index in [1.807, 2.05) is 23.1 Å². The zero-order valence-electron chi connectivity index (χ0n) is 15.9. The van der Waals surface area contributed by atoms with Gasteiger partial charge >= 0.3 is 0 Å². The average Bonchev–Trinajstić information content (AvgIpc) is 3.29. The molecule has 146 valence electrons. The second kappa shape index (κ2) is 8.37. The molecule has 4 rings (SSSR count). The molecule has 0 bridgehead atoms. The van der Waals surface area contributed by atoms with Crippen molar-refractivity contribution in [3.8, 4) is 0 Å². The van der Waals surface area contributed by atoms with Crippen LogP contribution in [0.2, 0.25) is 0 Å². The fraction of sp³-hybridized carbons (Fsp3) is 0.429. The monoisotopic (exact) mass is 379 g/mol. The van der Waals surface area contributed by atoms with Gasteiger partial charge in [0.2, 0.25) is 11.9 Å². The van der Waals surface area contributed by atoms with Gasteiger partial charge in [-0.25, -0.2) is 9.97 Å². The maximum atomic E-state index is 12.8. The van der Waals surface area contributed by atoms with Crippen LogP contribution in [0.5, 0.6) is 0 Å². The Balaban J connectivity index is 1.40. The van der Waals surface area contributed by atoms with Crippen LogP contribution in [0.1, 0.15) is 36.0 Å². The lowest BCUT2D eigenvalue weighted by molar-refractivity contribution is -0.120. The largest absolute Gasteiger partial charge is 0.340 e. The Labute approximate surface area is 164 Å². The van der Waals surface area contributed by atoms with Crippen molar-refractivity contribution in [1.82, 2.24) is 14.9 Å². The van der Waals surface area contributed by atoms with Crippen molar-refractivity contribution in [3.63, 3.8) is 0 Å². The topological polar surface area (TPSA) is 78.4 Å². The van der Waals surface area contributed by atoms with Crippen LogP contribution < -0.4 is 10.2 Å². The number of benzene rings is 1. The molecular formula is C21H25N5O2. The van der Waals surface area contributed by atoms with E-state index in [0.717, 1.165) is 45.3 Å². The molecule has 0 radical (unpaired) electrons. The van der Waals surface area contributed by atoms with Gasteiger partial charge in [-0.3, -0.25) is 9.59 Å². The van der Waals surface area contributed by atoms with Crippen molar-refractivity contribution in [1.29, 1.82) is 0 Å². The number of rotatable bonds is 4. The predicted octanol–water partition coefficient (Wildman–Crippen LogP) is 2.57. The molecule has 0 aliphatic carbocycles. The average molecular weight is 379 g/mol. The molecule has 7 nitrogen and oxygen atoms in total. The van der Waals surface area contributed by atoms with E-state index in [1.165, 1.54) is 0 Å². The lowest BCUT2D eigenvalue weighted by atomic mass is 9.97. The fourth-order valence-electron chi connectivity index (χ4n) is 3.90. The molecule has 3 heterocycles. The van der Waals surface area contributed by atoms with E-state index in [9.17, 15) is 9.59 Å². The first-order valence-electron chi connectivity index (χ1n) is 9.93. The Morgan fingerprint density at radius 1 is 1.00 bits per heavy atom. The number of hydrogen-bond acceptors (Lipinski definition) is 5. The molecule has 2 aliphatic heterocycles. The van der Waals surface area contributed by atoms with Gasteiger partial charge in [0.25, 0.3) is 5.91 Å². The van der Waals surface area contributed by atoms with Gasteiger partial charge in [-0.05, 0) is 49.9 Å². The zero-order valence-corrected chi connectivity index (χ0v) is 15.9. The van der Waals surface area contributed by atoms with Gasteiger partial charge in [-0.15, -0.1) is 0 Å². The summed E-state index contributed by atoms with van der Waals surface area (Å²) < 4.78 is 0. The summed E-state index contributed by atoms with van der Waals surface area (Å²) in [4.78, 5) is 37.9. The highest BCUT2D eigenvalue weighted by Crippen LogP contribution is 2.22. The third kappa shape index (κ3) is 4.13. The minimum Gasteiger partial charge on any atom is -0.340 e. The standard InChI is InChI=1S/C21H25N5O2/c27-19(17-7-4-13-26(15-17)21-22-9-5-10-23-21)24-18-8-3-6-16(14-18)20(28)25-11-1-2-12-25/h3,5-6,8-10,14,17H,1-2,4,7,11-13,15H2,(H,24,27). The van der Waals surface area contributed by atoms with E-state index in [4.69, 9.17) is 0 Å². The molecule has 2 aliphatic rings. The molecule has 7 heteroatoms. The number of hydrogen-bond donors (Lipinski definition) is 1. The minimum absolute atomic E-state index is 0.0218. The van der Waals surface area contributed by atoms with Crippen molar-refractivity contribution >= 4 is 23.5 Å². The number of piperidine rings is 1. The van der Waals surface area contributed by atoms with Crippen LogP contribution in [-0.2, 0) is 4.79 Å². The Morgan fingerprint density at radius 3 is 2.57 bits per heavy atom. The molecule has 0 saturated carbocycles. The number of likely N-dealkylation sites (tertiary alicyclic amines) is 1. The Kier molecular flexibility index (Phi) is 5.50. The quantitative estimate of drug-likeness (QED) is 0.883. The van der Waals surface area contributed by atoms with Crippen LogP contribution in [0.3, 0.4) is 0 Å². The van der Waals surface area contributed by atoms with Crippen molar-refractivity contribution in [2.45, 2.75) is 25.7 Å². The number of carbonyl (C=O) groups excluding carboxylic acids is 2. The van der Waals surface area contributed by atoms with Gasteiger partial charge in [0.1, 0.15) is 0 Å². The second-order valence-electron chi connectivity index (χ2n) is 7.40. The number of aromatic nitrogens is 2. The fourth-order valence-corrected chi connectivity index (χ4v) is 3.90. The number of amides is 2. The number of nitrogens with one attached hydrogen (secondary N) is 1. The Hall–Kier alpha value is -2.96. The van der Waals surface area contributed by atoms with Crippen molar-refractivity contribution in [2.24, 2.45) is 5.92 Å². The lowest BCUT2D eigenvalue weighted by Gasteiger charge is -2.31. The molecule has 1 aromatic carbocycles. The first-order chi connectivity index (χ1) is 13.7. The van der Waals surface area contributed by atoms with Gasteiger partial charge in [0.15, 0.2) is 0 Å². The minimum atomic E-state index is -0.129. The molecule has 28 heavy (non-hydrogen) atoms. The summed E-state index contributed by atoms with van der Waals surface area (Å²) in [5.41, 5.74) is 1.30. The maximum Gasteiger partial charge on any atom is 0.253 e. The van der Waals surface area contributed by atoms with Gasteiger partial charge in [0, 0.05) is 49.8 Å². The Bertz CT molecular complexity index is 836.